The highest BCUT2D eigenvalue weighted by atomic mass is 19.4. The van der Waals surface area contributed by atoms with Gasteiger partial charge in [-0.05, 0) is 43.5 Å². The van der Waals surface area contributed by atoms with Gasteiger partial charge in [0.2, 0.25) is 5.91 Å². The third-order valence-electron chi connectivity index (χ3n) is 3.53. The lowest BCUT2D eigenvalue weighted by Gasteiger charge is -2.22. The van der Waals surface area contributed by atoms with Crippen molar-refractivity contribution in [1.82, 2.24) is 5.32 Å². The van der Waals surface area contributed by atoms with Crippen LogP contribution in [0.4, 0.5) is 18.9 Å². The van der Waals surface area contributed by atoms with Crippen LogP contribution < -0.4 is 10.6 Å². The van der Waals surface area contributed by atoms with Gasteiger partial charge in [0, 0.05) is 18.9 Å². The van der Waals surface area contributed by atoms with E-state index >= 15 is 0 Å². The molecule has 7 heteroatoms. The Balaban J connectivity index is 1.77. The molecule has 122 valence electrons. The Bertz CT molecular complexity index is 500. The maximum Gasteiger partial charge on any atom is 0.416 e. The van der Waals surface area contributed by atoms with Crippen LogP contribution >= 0.6 is 0 Å². The number of ether oxygens (including phenoxy) is 1. The minimum Gasteiger partial charge on any atom is -0.381 e. The number of carbonyl (C=O) groups is 1. The average Bonchev–Trinajstić information content (AvgIpc) is 2.48. The van der Waals surface area contributed by atoms with Crippen molar-refractivity contribution in [2.75, 3.05) is 31.6 Å². The first-order valence-electron chi connectivity index (χ1n) is 7.21. The molecule has 1 saturated heterocycles. The number of halogens is 3. The number of nitrogens with one attached hydrogen (secondary N) is 2. The van der Waals surface area contributed by atoms with E-state index in [-0.39, 0.29) is 18.1 Å². The summed E-state index contributed by atoms with van der Waals surface area (Å²) >= 11 is 0. The molecule has 0 spiro atoms. The SMILES string of the molecule is O=C(CNCC1CCOCC1)Nc1cccc(C(F)(F)F)c1. The molecule has 0 bridgehead atoms. The van der Waals surface area contributed by atoms with Crippen molar-refractivity contribution in [1.29, 1.82) is 0 Å². The quantitative estimate of drug-likeness (QED) is 0.878. The number of hydrogen-bond acceptors (Lipinski definition) is 3. The molecule has 1 heterocycles. The van der Waals surface area contributed by atoms with E-state index in [9.17, 15) is 18.0 Å². The molecule has 1 aromatic carbocycles. The van der Waals surface area contributed by atoms with Crippen LogP contribution in [0, 0.1) is 5.92 Å². The Hall–Kier alpha value is -1.60. The number of rotatable bonds is 5. The van der Waals surface area contributed by atoms with E-state index in [2.05, 4.69) is 10.6 Å². The van der Waals surface area contributed by atoms with Crippen LogP contribution in [0.15, 0.2) is 24.3 Å². The number of carbonyl (C=O) groups excluding carboxylic acids is 1. The van der Waals surface area contributed by atoms with E-state index in [0.717, 1.165) is 38.2 Å². The van der Waals surface area contributed by atoms with E-state index < -0.39 is 11.7 Å². The van der Waals surface area contributed by atoms with Crippen LogP contribution in [-0.2, 0) is 15.7 Å². The zero-order valence-electron chi connectivity index (χ0n) is 12.1. The first-order chi connectivity index (χ1) is 10.4. The molecule has 0 unspecified atom stereocenters. The molecule has 2 N–H and O–H groups in total. The molecule has 0 aromatic heterocycles. The molecular weight excluding hydrogens is 297 g/mol. The van der Waals surface area contributed by atoms with Gasteiger partial charge in [-0.1, -0.05) is 6.07 Å². The number of benzene rings is 1. The number of alkyl halides is 3. The van der Waals surface area contributed by atoms with Gasteiger partial charge in [0.1, 0.15) is 0 Å². The lowest BCUT2D eigenvalue weighted by atomic mass is 10.0. The van der Waals surface area contributed by atoms with Crippen molar-refractivity contribution < 1.29 is 22.7 Å². The van der Waals surface area contributed by atoms with Crippen molar-refractivity contribution in [2.45, 2.75) is 19.0 Å². The number of amides is 1. The van der Waals surface area contributed by atoms with Crippen LogP contribution in [0.1, 0.15) is 18.4 Å². The summed E-state index contributed by atoms with van der Waals surface area (Å²) in [6.45, 7) is 2.26. The van der Waals surface area contributed by atoms with Crippen molar-refractivity contribution in [2.24, 2.45) is 5.92 Å². The van der Waals surface area contributed by atoms with Gasteiger partial charge in [-0.25, -0.2) is 0 Å². The molecule has 4 nitrogen and oxygen atoms in total. The molecule has 0 aliphatic carbocycles. The van der Waals surface area contributed by atoms with Gasteiger partial charge in [-0.15, -0.1) is 0 Å². The maximum absolute atomic E-state index is 12.6. The van der Waals surface area contributed by atoms with E-state index in [1.807, 2.05) is 0 Å². The highest BCUT2D eigenvalue weighted by molar-refractivity contribution is 5.92. The molecule has 0 saturated carbocycles. The van der Waals surface area contributed by atoms with E-state index in [1.54, 1.807) is 0 Å². The largest absolute Gasteiger partial charge is 0.416 e. The molecule has 22 heavy (non-hydrogen) atoms. The van der Waals surface area contributed by atoms with Crippen LogP contribution in [0.3, 0.4) is 0 Å². The summed E-state index contributed by atoms with van der Waals surface area (Å²) < 4.78 is 43.0. The zero-order chi connectivity index (χ0) is 16.0. The minimum absolute atomic E-state index is 0.0770. The summed E-state index contributed by atoms with van der Waals surface area (Å²) in [4.78, 5) is 11.7. The van der Waals surface area contributed by atoms with Gasteiger partial charge in [0.05, 0.1) is 12.1 Å². The molecule has 1 amide bonds. The highest BCUT2D eigenvalue weighted by Crippen LogP contribution is 2.30. The van der Waals surface area contributed by atoms with E-state index in [4.69, 9.17) is 4.74 Å². The third-order valence-corrected chi connectivity index (χ3v) is 3.53. The van der Waals surface area contributed by atoms with Gasteiger partial charge in [-0.2, -0.15) is 13.2 Å². The molecule has 0 atom stereocenters. The van der Waals surface area contributed by atoms with Gasteiger partial charge >= 0.3 is 6.18 Å². The first-order valence-corrected chi connectivity index (χ1v) is 7.21. The molecule has 2 rings (SSSR count). The Morgan fingerprint density at radius 2 is 2.00 bits per heavy atom. The summed E-state index contributed by atoms with van der Waals surface area (Å²) in [5, 5.41) is 5.50. The van der Waals surface area contributed by atoms with Crippen LogP contribution in [0.5, 0.6) is 0 Å². The van der Waals surface area contributed by atoms with Crippen LogP contribution in [0.2, 0.25) is 0 Å². The molecule has 1 fully saturated rings. The summed E-state index contributed by atoms with van der Waals surface area (Å²) in [6, 6.07) is 4.61. The summed E-state index contributed by atoms with van der Waals surface area (Å²) in [7, 11) is 0. The monoisotopic (exact) mass is 316 g/mol. The summed E-state index contributed by atoms with van der Waals surface area (Å²) in [6.07, 6.45) is -2.49. The van der Waals surface area contributed by atoms with E-state index in [1.165, 1.54) is 12.1 Å². The van der Waals surface area contributed by atoms with Gasteiger partial charge in [0.25, 0.3) is 0 Å². The third kappa shape index (κ3) is 5.31. The Morgan fingerprint density at radius 1 is 1.27 bits per heavy atom. The summed E-state index contributed by atoms with van der Waals surface area (Å²) in [5.41, 5.74) is -0.631. The standard InChI is InChI=1S/C15H19F3N2O2/c16-15(17,18)12-2-1-3-13(8-12)20-14(21)10-19-9-11-4-6-22-7-5-11/h1-3,8,11,19H,4-7,9-10H2,(H,20,21). The van der Waals surface area contributed by atoms with Gasteiger partial charge in [-0.3, -0.25) is 4.79 Å². The number of hydrogen-bond donors (Lipinski definition) is 2. The lowest BCUT2D eigenvalue weighted by molar-refractivity contribution is -0.137. The second-order valence-electron chi connectivity index (χ2n) is 5.31. The average molecular weight is 316 g/mol. The lowest BCUT2D eigenvalue weighted by Crippen LogP contribution is -2.33. The fourth-order valence-corrected chi connectivity index (χ4v) is 2.32. The predicted molar refractivity (Wildman–Crippen MR) is 76.5 cm³/mol. The van der Waals surface area contributed by atoms with Crippen LogP contribution in [-0.4, -0.2) is 32.2 Å². The maximum atomic E-state index is 12.6. The van der Waals surface area contributed by atoms with Crippen molar-refractivity contribution in [3.05, 3.63) is 29.8 Å². The predicted octanol–water partition coefficient (Wildman–Crippen LogP) is 2.66. The first kappa shape index (κ1) is 16.8. The molecule has 1 aliphatic rings. The smallest absolute Gasteiger partial charge is 0.381 e. The molecule has 0 radical (unpaired) electrons. The second kappa shape index (κ2) is 7.60. The zero-order valence-corrected chi connectivity index (χ0v) is 12.1. The second-order valence-corrected chi connectivity index (χ2v) is 5.31. The van der Waals surface area contributed by atoms with Crippen LogP contribution in [0.25, 0.3) is 0 Å². The Kier molecular flexibility index (Phi) is 5.79. The van der Waals surface area contributed by atoms with Crippen molar-refractivity contribution >= 4 is 11.6 Å². The number of anilines is 1. The summed E-state index contributed by atoms with van der Waals surface area (Å²) in [5.74, 6) is 0.126. The normalized spacial score (nSPS) is 16.5. The molecular formula is C15H19F3N2O2. The minimum atomic E-state index is -4.41. The van der Waals surface area contributed by atoms with Crippen molar-refractivity contribution in [3.63, 3.8) is 0 Å². The van der Waals surface area contributed by atoms with Gasteiger partial charge < -0.3 is 15.4 Å². The highest BCUT2D eigenvalue weighted by Gasteiger charge is 2.30. The Labute approximate surface area is 127 Å². The Morgan fingerprint density at radius 3 is 2.68 bits per heavy atom. The fourth-order valence-electron chi connectivity index (χ4n) is 2.32. The van der Waals surface area contributed by atoms with Gasteiger partial charge in [0.15, 0.2) is 0 Å². The fraction of sp³-hybridized carbons (Fsp3) is 0.533. The molecule has 1 aromatic rings. The van der Waals surface area contributed by atoms with E-state index in [0.29, 0.717) is 12.5 Å². The van der Waals surface area contributed by atoms with Crippen molar-refractivity contribution in [3.8, 4) is 0 Å². The topological polar surface area (TPSA) is 50.4 Å². The molecule has 1 aliphatic heterocycles.